The van der Waals surface area contributed by atoms with Gasteiger partial charge < -0.3 is 5.11 Å². The quantitative estimate of drug-likeness (QED) is 0.923. The van der Waals surface area contributed by atoms with Crippen LogP contribution >= 0.6 is 15.9 Å². The van der Waals surface area contributed by atoms with Crippen molar-refractivity contribution in [1.29, 1.82) is 0 Å². The van der Waals surface area contributed by atoms with Crippen molar-refractivity contribution < 1.29 is 14.3 Å². The minimum Gasteiger partial charge on any atom is -0.481 e. The van der Waals surface area contributed by atoms with Crippen LogP contribution < -0.4 is 0 Å². The Bertz CT molecular complexity index is 564. The van der Waals surface area contributed by atoms with Gasteiger partial charge in [0.15, 0.2) is 0 Å². The van der Waals surface area contributed by atoms with Crippen LogP contribution in [-0.4, -0.2) is 11.1 Å². The molecule has 0 aromatic heterocycles. The van der Waals surface area contributed by atoms with Crippen molar-refractivity contribution in [3.8, 4) is 0 Å². The number of benzene rings is 2. The van der Waals surface area contributed by atoms with Crippen LogP contribution in [0.5, 0.6) is 0 Å². The number of halogens is 2. The summed E-state index contributed by atoms with van der Waals surface area (Å²) in [5.74, 6) is -1.94. The first kappa shape index (κ1) is 13.7. The van der Waals surface area contributed by atoms with E-state index >= 15 is 0 Å². The normalized spacial score (nSPS) is 12.1. The molecule has 0 aliphatic rings. The second kappa shape index (κ2) is 5.97. The molecule has 0 saturated heterocycles. The summed E-state index contributed by atoms with van der Waals surface area (Å²) in [7, 11) is 0. The Morgan fingerprint density at radius 3 is 2.21 bits per heavy atom. The van der Waals surface area contributed by atoms with E-state index in [1.54, 1.807) is 0 Å². The summed E-state index contributed by atoms with van der Waals surface area (Å²) >= 11 is 3.34. The monoisotopic (exact) mass is 322 g/mol. The summed E-state index contributed by atoms with van der Waals surface area (Å²) in [5.41, 5.74) is 1.54. The van der Waals surface area contributed by atoms with Crippen LogP contribution in [0.15, 0.2) is 53.0 Å². The lowest BCUT2D eigenvalue weighted by Crippen LogP contribution is -2.14. The van der Waals surface area contributed by atoms with Crippen molar-refractivity contribution in [2.45, 2.75) is 12.3 Å². The van der Waals surface area contributed by atoms with E-state index in [1.165, 1.54) is 24.3 Å². The number of carboxylic acids is 1. The lowest BCUT2D eigenvalue weighted by molar-refractivity contribution is -0.138. The summed E-state index contributed by atoms with van der Waals surface area (Å²) in [5, 5.41) is 9.31. The lowest BCUT2D eigenvalue weighted by atomic mass is 9.92. The highest BCUT2D eigenvalue weighted by atomic mass is 79.9. The Morgan fingerprint density at radius 1 is 1.11 bits per heavy atom. The van der Waals surface area contributed by atoms with Gasteiger partial charge in [-0.25, -0.2) is 4.39 Å². The highest BCUT2D eigenvalue weighted by Crippen LogP contribution is 2.22. The number of carbonyl (C=O) groups is 1. The zero-order chi connectivity index (χ0) is 13.8. The summed E-state index contributed by atoms with van der Waals surface area (Å²) in [6.07, 6.45) is 0.383. The first-order chi connectivity index (χ1) is 9.06. The van der Waals surface area contributed by atoms with Gasteiger partial charge >= 0.3 is 5.97 Å². The molecule has 4 heteroatoms. The molecule has 2 nitrogen and oxygen atoms in total. The first-order valence-corrected chi connectivity index (χ1v) is 6.58. The third kappa shape index (κ3) is 3.64. The average molecular weight is 323 g/mol. The van der Waals surface area contributed by atoms with Gasteiger partial charge in [-0.05, 0) is 41.8 Å². The van der Waals surface area contributed by atoms with Gasteiger partial charge in [-0.3, -0.25) is 4.79 Å². The fourth-order valence-electron chi connectivity index (χ4n) is 1.90. The molecule has 2 rings (SSSR count). The first-order valence-electron chi connectivity index (χ1n) is 5.79. The van der Waals surface area contributed by atoms with Gasteiger partial charge in [0.1, 0.15) is 5.82 Å². The van der Waals surface area contributed by atoms with E-state index in [0.29, 0.717) is 12.0 Å². The molecular weight excluding hydrogens is 311 g/mol. The van der Waals surface area contributed by atoms with E-state index in [9.17, 15) is 14.3 Å². The Kier molecular flexibility index (Phi) is 4.32. The van der Waals surface area contributed by atoms with E-state index in [-0.39, 0.29) is 5.82 Å². The van der Waals surface area contributed by atoms with Crippen LogP contribution in [0.25, 0.3) is 0 Å². The van der Waals surface area contributed by atoms with Gasteiger partial charge in [-0.15, -0.1) is 0 Å². The number of carboxylic acid groups (broad SMARTS) is 1. The smallest absolute Gasteiger partial charge is 0.311 e. The van der Waals surface area contributed by atoms with Gasteiger partial charge in [0.25, 0.3) is 0 Å². The Morgan fingerprint density at radius 2 is 1.68 bits per heavy atom. The molecule has 98 valence electrons. The second-order valence-corrected chi connectivity index (χ2v) is 5.19. The summed E-state index contributed by atoms with van der Waals surface area (Å²) in [6.45, 7) is 0. The van der Waals surface area contributed by atoms with E-state index in [0.717, 1.165) is 10.0 Å². The molecule has 2 aromatic carbocycles. The number of hydrogen-bond donors (Lipinski definition) is 1. The van der Waals surface area contributed by atoms with Gasteiger partial charge in [0, 0.05) is 4.47 Å². The Labute approximate surface area is 119 Å². The third-order valence-electron chi connectivity index (χ3n) is 2.92. The summed E-state index contributed by atoms with van der Waals surface area (Å²) in [6, 6.07) is 13.1. The van der Waals surface area contributed by atoms with Crippen molar-refractivity contribution >= 4 is 21.9 Å². The Hall–Kier alpha value is -1.68. The van der Waals surface area contributed by atoms with Crippen LogP contribution in [-0.2, 0) is 11.2 Å². The number of hydrogen-bond acceptors (Lipinski definition) is 1. The van der Waals surface area contributed by atoms with E-state index < -0.39 is 11.9 Å². The zero-order valence-corrected chi connectivity index (χ0v) is 11.6. The molecule has 0 aliphatic carbocycles. The van der Waals surface area contributed by atoms with E-state index in [2.05, 4.69) is 15.9 Å². The molecule has 0 saturated carbocycles. The molecule has 0 aliphatic heterocycles. The maximum Gasteiger partial charge on any atom is 0.311 e. The highest BCUT2D eigenvalue weighted by Gasteiger charge is 2.20. The van der Waals surface area contributed by atoms with Crippen LogP contribution in [0, 0.1) is 5.82 Å². The molecule has 0 radical (unpaired) electrons. The van der Waals surface area contributed by atoms with Crippen LogP contribution in [0.4, 0.5) is 4.39 Å². The summed E-state index contributed by atoms with van der Waals surface area (Å²) < 4.78 is 13.8. The molecule has 0 fully saturated rings. The van der Waals surface area contributed by atoms with Gasteiger partial charge in [-0.1, -0.05) is 40.2 Å². The molecule has 1 unspecified atom stereocenters. The van der Waals surface area contributed by atoms with Crippen LogP contribution in [0.1, 0.15) is 17.0 Å². The maximum atomic E-state index is 12.9. The molecule has 19 heavy (non-hydrogen) atoms. The minimum absolute atomic E-state index is 0.364. The SMILES string of the molecule is O=C(O)C(Cc1ccc(Br)cc1)c1ccc(F)cc1. The number of rotatable bonds is 4. The Balaban J connectivity index is 2.23. The van der Waals surface area contributed by atoms with Gasteiger partial charge in [0.2, 0.25) is 0 Å². The standard InChI is InChI=1S/C15H12BrFO2/c16-12-5-1-10(2-6-12)9-14(15(18)19)11-3-7-13(17)8-4-11/h1-8,14H,9H2,(H,18,19). The lowest BCUT2D eigenvalue weighted by Gasteiger charge is -2.13. The molecule has 0 spiro atoms. The third-order valence-corrected chi connectivity index (χ3v) is 3.45. The average Bonchev–Trinajstić information content (AvgIpc) is 2.39. The fraction of sp³-hybridized carbons (Fsp3) is 0.133. The zero-order valence-electron chi connectivity index (χ0n) is 10.0. The molecule has 0 amide bonds. The fourth-order valence-corrected chi connectivity index (χ4v) is 2.16. The predicted octanol–water partition coefficient (Wildman–Crippen LogP) is 4.00. The van der Waals surface area contributed by atoms with Crippen molar-refractivity contribution in [3.05, 3.63) is 69.9 Å². The highest BCUT2D eigenvalue weighted by molar-refractivity contribution is 9.10. The van der Waals surface area contributed by atoms with E-state index in [4.69, 9.17) is 0 Å². The second-order valence-electron chi connectivity index (χ2n) is 4.27. The topological polar surface area (TPSA) is 37.3 Å². The van der Waals surface area contributed by atoms with Gasteiger partial charge in [-0.2, -0.15) is 0 Å². The maximum absolute atomic E-state index is 12.9. The molecule has 0 bridgehead atoms. The molecule has 0 heterocycles. The van der Waals surface area contributed by atoms with Crippen molar-refractivity contribution in [1.82, 2.24) is 0 Å². The molecule has 1 N–H and O–H groups in total. The van der Waals surface area contributed by atoms with Crippen LogP contribution in [0.2, 0.25) is 0 Å². The minimum atomic E-state index is -0.908. The number of aliphatic carboxylic acids is 1. The summed E-state index contributed by atoms with van der Waals surface area (Å²) in [4.78, 5) is 11.4. The van der Waals surface area contributed by atoms with Crippen LogP contribution in [0.3, 0.4) is 0 Å². The molecule has 2 aromatic rings. The van der Waals surface area contributed by atoms with E-state index in [1.807, 2.05) is 24.3 Å². The largest absolute Gasteiger partial charge is 0.481 e. The van der Waals surface area contributed by atoms with Crippen molar-refractivity contribution in [3.63, 3.8) is 0 Å². The molecular formula is C15H12BrFO2. The molecule has 1 atom stereocenters. The van der Waals surface area contributed by atoms with Crippen molar-refractivity contribution in [2.75, 3.05) is 0 Å². The van der Waals surface area contributed by atoms with Crippen molar-refractivity contribution in [2.24, 2.45) is 0 Å². The van der Waals surface area contributed by atoms with Gasteiger partial charge in [0.05, 0.1) is 5.92 Å². The predicted molar refractivity (Wildman–Crippen MR) is 74.6 cm³/mol.